The summed E-state index contributed by atoms with van der Waals surface area (Å²) in [6.45, 7) is 3.14. The first-order valence-electron chi connectivity index (χ1n) is 2.96. The summed E-state index contributed by atoms with van der Waals surface area (Å²) in [4.78, 5) is 18.6. The van der Waals surface area contributed by atoms with Crippen LogP contribution in [0.15, 0.2) is 0 Å². The Bertz CT molecular complexity index is 99.1. The normalized spacial score (nSPS) is 6.73. The molecule has 0 aliphatic heterocycles. The monoisotopic (exact) mass is 254 g/mol. The molecule has 5 heteroatoms. The molecule has 4 nitrogen and oxygen atoms in total. The van der Waals surface area contributed by atoms with Gasteiger partial charge >= 0.3 is 28.3 Å². The van der Waals surface area contributed by atoms with Crippen LogP contribution in [0, 0.1) is 0 Å². The van der Waals surface area contributed by atoms with E-state index in [0.29, 0.717) is 0 Å². The van der Waals surface area contributed by atoms with Crippen LogP contribution in [-0.2, 0) is 32.0 Å². The molecular weight excluding hydrogens is 244 g/mol. The molecule has 0 rings (SSSR count). The quantitative estimate of drug-likeness (QED) is 0.682. The van der Waals surface area contributed by atoms with Gasteiger partial charge in [0.05, 0.1) is 0 Å². The Balaban J connectivity index is -0.000000107. The van der Waals surface area contributed by atoms with Crippen molar-refractivity contribution in [1.29, 1.82) is 0 Å². The zero-order chi connectivity index (χ0) is 8.57. The second-order valence-corrected chi connectivity index (χ2v) is 1.47. The third-order valence-electron chi connectivity index (χ3n) is 0.591. The standard InChI is InChI=1S/2C3H6O2.Ag/c2*1-2-3(4)5;/h2*2H2,1H3,(H,4,5);/q;;+1/p-1. The van der Waals surface area contributed by atoms with Gasteiger partial charge in [-0.3, -0.25) is 4.79 Å². The van der Waals surface area contributed by atoms with Crippen molar-refractivity contribution in [2.24, 2.45) is 0 Å². The van der Waals surface area contributed by atoms with Crippen molar-refractivity contribution in [2.75, 3.05) is 0 Å². The second kappa shape index (κ2) is 12.4. The van der Waals surface area contributed by atoms with Crippen LogP contribution in [0.2, 0.25) is 0 Å². The summed E-state index contributed by atoms with van der Waals surface area (Å²) in [6.07, 6.45) is 0.333. The minimum Gasteiger partial charge on any atom is -0.550 e. The molecule has 0 radical (unpaired) electrons. The Morgan fingerprint density at radius 2 is 1.45 bits per heavy atom. The molecule has 11 heavy (non-hydrogen) atoms. The Kier molecular flexibility index (Phi) is 19.1. The molecule has 70 valence electrons. The first kappa shape index (κ1) is 17.0. The molecule has 0 spiro atoms. The molecule has 0 heterocycles. The van der Waals surface area contributed by atoms with Crippen molar-refractivity contribution in [3.8, 4) is 0 Å². The average Bonchev–Trinajstić information content (AvgIpc) is 1.89. The van der Waals surface area contributed by atoms with Crippen molar-refractivity contribution >= 4 is 11.9 Å². The fourth-order valence-electron chi connectivity index (χ4n) is 0. The number of carboxylic acid groups (broad SMARTS) is 2. The zero-order valence-corrected chi connectivity index (χ0v) is 7.87. The number of rotatable bonds is 2. The van der Waals surface area contributed by atoms with Crippen molar-refractivity contribution in [1.82, 2.24) is 0 Å². The van der Waals surface area contributed by atoms with Gasteiger partial charge < -0.3 is 15.0 Å². The molecule has 0 aromatic carbocycles. The van der Waals surface area contributed by atoms with E-state index < -0.39 is 11.9 Å². The maximum absolute atomic E-state index is 9.37. The summed E-state index contributed by atoms with van der Waals surface area (Å²) in [5.41, 5.74) is 0. The first-order chi connectivity index (χ1) is 4.54. The SMILES string of the molecule is CCC(=O)O.CCC(=O)[O-].[Ag+]. The van der Waals surface area contributed by atoms with Gasteiger partial charge in [-0.25, -0.2) is 0 Å². The van der Waals surface area contributed by atoms with E-state index in [2.05, 4.69) is 0 Å². The Hall–Kier alpha value is -0.320. The molecule has 0 bridgehead atoms. The minimum absolute atomic E-state index is 0. The maximum Gasteiger partial charge on any atom is 1.00 e. The molecule has 0 aromatic rings. The molecule has 0 aliphatic carbocycles. The second-order valence-electron chi connectivity index (χ2n) is 1.47. The van der Waals surface area contributed by atoms with Crippen LogP contribution < -0.4 is 5.11 Å². The average molecular weight is 255 g/mol. The summed E-state index contributed by atoms with van der Waals surface area (Å²) in [5, 5.41) is 17.0. The third kappa shape index (κ3) is 42.2. The Morgan fingerprint density at radius 1 is 1.27 bits per heavy atom. The van der Waals surface area contributed by atoms with Gasteiger partial charge in [0.1, 0.15) is 0 Å². The number of hydrogen-bond donors (Lipinski definition) is 1. The molecule has 0 atom stereocenters. The molecule has 0 fully saturated rings. The molecule has 0 saturated carbocycles. The van der Waals surface area contributed by atoms with Gasteiger partial charge in [-0.15, -0.1) is 0 Å². The van der Waals surface area contributed by atoms with E-state index in [9.17, 15) is 14.7 Å². The fourth-order valence-corrected chi connectivity index (χ4v) is 0. The first-order valence-corrected chi connectivity index (χ1v) is 2.96. The van der Waals surface area contributed by atoms with Crippen molar-refractivity contribution in [2.45, 2.75) is 26.7 Å². The van der Waals surface area contributed by atoms with Crippen LogP contribution in [0.5, 0.6) is 0 Å². The van der Waals surface area contributed by atoms with Crippen molar-refractivity contribution in [3.05, 3.63) is 0 Å². The van der Waals surface area contributed by atoms with Gasteiger partial charge in [0.25, 0.3) is 0 Å². The molecule has 0 unspecified atom stereocenters. The number of aliphatic carboxylic acids is 2. The summed E-state index contributed by atoms with van der Waals surface area (Å²) in [6, 6.07) is 0. The number of carboxylic acids is 2. The summed E-state index contributed by atoms with van der Waals surface area (Å²) < 4.78 is 0. The minimum atomic E-state index is -0.995. The zero-order valence-electron chi connectivity index (χ0n) is 6.39. The fraction of sp³-hybridized carbons (Fsp3) is 0.667. The van der Waals surface area contributed by atoms with E-state index in [0.717, 1.165) is 0 Å². The predicted octanol–water partition coefficient (Wildman–Crippen LogP) is -0.375. The molecule has 0 saturated heterocycles. The van der Waals surface area contributed by atoms with E-state index in [1.807, 2.05) is 0 Å². The largest absolute Gasteiger partial charge is 1.00 e. The topological polar surface area (TPSA) is 77.4 Å². The van der Waals surface area contributed by atoms with E-state index >= 15 is 0 Å². The van der Waals surface area contributed by atoms with Gasteiger partial charge in [-0.2, -0.15) is 0 Å². The van der Waals surface area contributed by atoms with Crippen molar-refractivity contribution < 1.29 is 42.2 Å². The van der Waals surface area contributed by atoms with Crippen LogP contribution in [0.25, 0.3) is 0 Å². The summed E-state index contributed by atoms with van der Waals surface area (Å²) >= 11 is 0. The van der Waals surface area contributed by atoms with Gasteiger partial charge in [-0.05, 0) is 6.42 Å². The Labute approximate surface area is 81.1 Å². The molecule has 0 aliphatic rings. The Morgan fingerprint density at radius 3 is 1.45 bits per heavy atom. The predicted molar refractivity (Wildman–Crippen MR) is 33.2 cm³/mol. The van der Waals surface area contributed by atoms with Gasteiger partial charge in [0.15, 0.2) is 0 Å². The van der Waals surface area contributed by atoms with Gasteiger partial charge in [0, 0.05) is 12.4 Å². The van der Waals surface area contributed by atoms with E-state index in [1.54, 1.807) is 6.92 Å². The summed E-state index contributed by atoms with van der Waals surface area (Å²) in [7, 11) is 0. The third-order valence-corrected chi connectivity index (χ3v) is 0.591. The van der Waals surface area contributed by atoms with E-state index in [4.69, 9.17) is 5.11 Å². The van der Waals surface area contributed by atoms with E-state index in [-0.39, 0.29) is 35.2 Å². The van der Waals surface area contributed by atoms with Gasteiger partial charge in [-0.1, -0.05) is 13.8 Å². The van der Waals surface area contributed by atoms with E-state index in [1.165, 1.54) is 6.92 Å². The molecule has 1 N–H and O–H groups in total. The molecule has 0 aromatic heterocycles. The van der Waals surface area contributed by atoms with Crippen molar-refractivity contribution in [3.63, 3.8) is 0 Å². The van der Waals surface area contributed by atoms with Crippen LogP contribution in [0.1, 0.15) is 26.7 Å². The van der Waals surface area contributed by atoms with Gasteiger partial charge in [0.2, 0.25) is 0 Å². The molecule has 0 amide bonds. The van der Waals surface area contributed by atoms with Crippen LogP contribution in [0.3, 0.4) is 0 Å². The van der Waals surface area contributed by atoms with Crippen LogP contribution >= 0.6 is 0 Å². The molecular formula is C6H11AgO4. The number of hydrogen-bond acceptors (Lipinski definition) is 3. The maximum atomic E-state index is 9.37. The number of carbonyl (C=O) groups excluding carboxylic acids is 1. The summed E-state index contributed by atoms with van der Waals surface area (Å²) in [5.74, 6) is -1.74. The smallest absolute Gasteiger partial charge is 0.550 e. The van der Waals surface area contributed by atoms with Crippen LogP contribution in [-0.4, -0.2) is 17.0 Å². The number of carbonyl (C=O) groups is 2. The van der Waals surface area contributed by atoms with Crippen LogP contribution in [0.4, 0.5) is 0 Å².